The van der Waals surface area contributed by atoms with E-state index < -0.39 is 83.9 Å². The fourth-order valence-electron chi connectivity index (χ4n) is 3.20. The average molecular weight is 642 g/mol. The van der Waals surface area contributed by atoms with Crippen molar-refractivity contribution in [3.05, 3.63) is 0 Å². The predicted molar refractivity (Wildman–Crippen MR) is 106 cm³/mol. The van der Waals surface area contributed by atoms with E-state index in [1.54, 1.807) is 0 Å². The molecule has 2 unspecified atom stereocenters. The summed E-state index contributed by atoms with van der Waals surface area (Å²) in [7, 11) is 0. The summed E-state index contributed by atoms with van der Waals surface area (Å²) in [5.74, 6) is -46.5. The molecule has 5 nitrogen and oxygen atoms in total. The van der Waals surface area contributed by atoms with Gasteiger partial charge in [0, 0.05) is 0 Å². The van der Waals surface area contributed by atoms with Gasteiger partial charge in [-0.15, -0.1) is 0 Å². The second-order valence-electron chi connectivity index (χ2n) is 9.97. The van der Waals surface area contributed by atoms with E-state index in [0.717, 1.165) is 6.92 Å². The van der Waals surface area contributed by atoms with Gasteiger partial charge in [-0.25, -0.2) is 13.6 Å². The first-order valence-electron chi connectivity index (χ1n) is 11.2. The molecule has 2 atom stereocenters. The third-order valence-corrected chi connectivity index (χ3v) is 6.58. The van der Waals surface area contributed by atoms with E-state index >= 15 is 0 Å². The largest absolute Gasteiger partial charge is 0.465 e. The van der Waals surface area contributed by atoms with Crippen LogP contribution >= 0.6 is 0 Å². The number of alkyl halides is 15. The SMILES string of the molecule is CCC(C)(CCC(C)(C)C(=O)OO)C(=O)OCCC(C(F)(F)F)C(F)(F)C(F)(F)C(F)(F)C(F)(F)C(F)(F)C(F)F. The third-order valence-electron chi connectivity index (χ3n) is 6.58. The van der Waals surface area contributed by atoms with Crippen molar-refractivity contribution in [3.8, 4) is 0 Å². The highest BCUT2D eigenvalue weighted by Crippen LogP contribution is 2.61. The number of ether oxygens (including phenoxy) is 1. The van der Waals surface area contributed by atoms with Gasteiger partial charge in [0.15, 0.2) is 0 Å². The molecule has 0 aromatic rings. The Morgan fingerprint density at radius 3 is 1.51 bits per heavy atom. The number of halogens is 15. The van der Waals surface area contributed by atoms with Crippen LogP contribution in [-0.4, -0.2) is 66.0 Å². The van der Waals surface area contributed by atoms with Crippen molar-refractivity contribution >= 4 is 11.9 Å². The van der Waals surface area contributed by atoms with Gasteiger partial charge in [0.05, 0.1) is 17.4 Å². The van der Waals surface area contributed by atoms with Gasteiger partial charge < -0.3 is 9.62 Å². The van der Waals surface area contributed by atoms with Crippen LogP contribution < -0.4 is 0 Å². The molecule has 41 heavy (non-hydrogen) atoms. The molecule has 20 heteroatoms. The lowest BCUT2D eigenvalue weighted by Crippen LogP contribution is -2.70. The zero-order valence-electron chi connectivity index (χ0n) is 21.4. The molecule has 0 radical (unpaired) electrons. The van der Waals surface area contributed by atoms with E-state index in [2.05, 4.69) is 9.62 Å². The molecular formula is C21H25F15O5. The Bertz CT molecular complexity index is 917. The number of rotatable bonds is 15. The average Bonchev–Trinajstić information content (AvgIpc) is 2.82. The summed E-state index contributed by atoms with van der Waals surface area (Å²) in [5.41, 5.74) is -3.15. The fourth-order valence-corrected chi connectivity index (χ4v) is 3.20. The van der Waals surface area contributed by atoms with E-state index in [9.17, 15) is 75.4 Å². The maximum atomic E-state index is 14.2. The number of hydrogen-bond acceptors (Lipinski definition) is 5. The Labute approximate surface area is 222 Å². The summed E-state index contributed by atoms with van der Waals surface area (Å²) in [6.07, 6.45) is -15.7. The summed E-state index contributed by atoms with van der Waals surface area (Å²) in [5, 5.41) is 8.48. The second-order valence-corrected chi connectivity index (χ2v) is 9.97. The van der Waals surface area contributed by atoms with Gasteiger partial charge in [0.1, 0.15) is 5.92 Å². The molecule has 0 aliphatic rings. The summed E-state index contributed by atoms with van der Waals surface area (Å²) in [6.45, 7) is 3.01. The molecule has 0 aliphatic carbocycles. The minimum Gasteiger partial charge on any atom is -0.465 e. The molecule has 0 aliphatic heterocycles. The Hall–Kier alpha value is -2.15. The Kier molecular flexibility index (Phi) is 11.6. The fraction of sp³-hybridized carbons (Fsp3) is 0.905. The lowest BCUT2D eigenvalue weighted by molar-refractivity contribution is -0.427. The molecule has 244 valence electrons. The van der Waals surface area contributed by atoms with Crippen LogP contribution in [0.15, 0.2) is 0 Å². The van der Waals surface area contributed by atoms with Gasteiger partial charge in [-0.1, -0.05) is 6.92 Å². The van der Waals surface area contributed by atoms with Crippen molar-refractivity contribution < 1.29 is 90.3 Å². The van der Waals surface area contributed by atoms with Crippen molar-refractivity contribution in [3.63, 3.8) is 0 Å². The molecule has 0 bridgehead atoms. The van der Waals surface area contributed by atoms with Gasteiger partial charge in [0.2, 0.25) is 0 Å². The highest BCUT2D eigenvalue weighted by molar-refractivity contribution is 5.77. The molecule has 0 spiro atoms. The first-order chi connectivity index (χ1) is 18.0. The van der Waals surface area contributed by atoms with E-state index in [1.807, 2.05) is 0 Å². The van der Waals surface area contributed by atoms with Crippen molar-refractivity contribution in [1.82, 2.24) is 0 Å². The second kappa shape index (κ2) is 12.2. The van der Waals surface area contributed by atoms with Crippen LogP contribution in [0.25, 0.3) is 0 Å². The molecule has 0 aromatic heterocycles. The standard InChI is InChI=1S/C21H25F15O5/c1-5-15(4,8-7-14(2,3)12(37)41-39)13(38)40-9-6-10(18(28,29)30)16(24,25)19(31,32)21(35,36)20(33,34)17(26,27)11(22)23/h10-11,39H,5-9H2,1-4H3. The summed E-state index contributed by atoms with van der Waals surface area (Å²) in [4.78, 5) is 27.5. The molecule has 0 fully saturated rings. The summed E-state index contributed by atoms with van der Waals surface area (Å²) < 4.78 is 205. The zero-order valence-corrected chi connectivity index (χ0v) is 21.4. The molecule has 0 heterocycles. The maximum Gasteiger partial charge on any atom is 0.397 e. The van der Waals surface area contributed by atoms with Crippen LogP contribution in [0.4, 0.5) is 65.9 Å². The van der Waals surface area contributed by atoms with E-state index in [1.165, 1.54) is 20.8 Å². The minimum absolute atomic E-state index is 0.202. The molecule has 0 amide bonds. The summed E-state index contributed by atoms with van der Waals surface area (Å²) in [6, 6.07) is 0. The Balaban J connectivity index is 6.11. The van der Waals surface area contributed by atoms with Crippen LogP contribution in [0.5, 0.6) is 0 Å². The zero-order chi connectivity index (χ0) is 33.3. The highest BCUT2D eigenvalue weighted by Gasteiger charge is 2.89. The molecule has 1 N–H and O–H groups in total. The van der Waals surface area contributed by atoms with Crippen molar-refractivity contribution in [2.24, 2.45) is 16.7 Å². The number of carbonyl (C=O) groups excluding carboxylic acids is 2. The predicted octanol–water partition coefficient (Wildman–Crippen LogP) is 7.78. The van der Waals surface area contributed by atoms with Gasteiger partial charge in [-0.3, -0.25) is 4.79 Å². The molecular weight excluding hydrogens is 617 g/mol. The quantitative estimate of drug-likeness (QED) is 0.0856. The maximum absolute atomic E-state index is 14.2. The summed E-state index contributed by atoms with van der Waals surface area (Å²) >= 11 is 0. The Morgan fingerprint density at radius 1 is 0.707 bits per heavy atom. The van der Waals surface area contributed by atoms with Crippen molar-refractivity contribution in [2.75, 3.05) is 6.61 Å². The van der Waals surface area contributed by atoms with Gasteiger partial charge in [-0.2, -0.15) is 62.3 Å². The van der Waals surface area contributed by atoms with Gasteiger partial charge in [0.25, 0.3) is 0 Å². The van der Waals surface area contributed by atoms with Crippen LogP contribution in [0.1, 0.15) is 53.4 Å². The van der Waals surface area contributed by atoms with E-state index in [4.69, 9.17) is 5.26 Å². The molecule has 0 rings (SSSR count). The molecule has 0 saturated heterocycles. The number of esters is 1. The topological polar surface area (TPSA) is 72.8 Å². The van der Waals surface area contributed by atoms with Crippen LogP contribution in [-0.2, 0) is 19.2 Å². The smallest absolute Gasteiger partial charge is 0.397 e. The molecule has 0 aromatic carbocycles. The van der Waals surface area contributed by atoms with E-state index in [0.29, 0.717) is 0 Å². The first kappa shape index (κ1) is 38.9. The molecule has 0 saturated carbocycles. The first-order valence-corrected chi connectivity index (χ1v) is 11.2. The van der Waals surface area contributed by atoms with E-state index in [-0.39, 0.29) is 19.3 Å². The van der Waals surface area contributed by atoms with Crippen molar-refractivity contribution in [2.45, 2.75) is 95.6 Å². The van der Waals surface area contributed by atoms with Gasteiger partial charge in [-0.05, 0) is 46.5 Å². The number of carbonyl (C=O) groups is 2. The van der Waals surface area contributed by atoms with Crippen molar-refractivity contribution in [1.29, 1.82) is 0 Å². The van der Waals surface area contributed by atoms with Gasteiger partial charge >= 0.3 is 54.2 Å². The minimum atomic E-state index is -8.16. The lowest BCUT2D eigenvalue weighted by Gasteiger charge is -2.41. The van der Waals surface area contributed by atoms with Crippen LogP contribution in [0, 0.1) is 16.7 Å². The normalized spacial score (nSPS) is 16.8. The monoisotopic (exact) mass is 642 g/mol. The van der Waals surface area contributed by atoms with Crippen LogP contribution in [0.2, 0.25) is 0 Å². The lowest BCUT2D eigenvalue weighted by atomic mass is 9.76. The highest BCUT2D eigenvalue weighted by atomic mass is 19.4. The Morgan fingerprint density at radius 2 is 1.15 bits per heavy atom. The number of hydrogen-bond donors (Lipinski definition) is 1. The van der Waals surface area contributed by atoms with Crippen LogP contribution in [0.3, 0.4) is 0 Å². The third kappa shape index (κ3) is 7.26.